The first-order valence-electron chi connectivity index (χ1n) is 10.3. The predicted molar refractivity (Wildman–Crippen MR) is 112 cm³/mol. The molecule has 0 radical (unpaired) electrons. The van der Waals surface area contributed by atoms with Crippen LogP contribution < -0.4 is 10.6 Å². The van der Waals surface area contributed by atoms with Crippen LogP contribution in [-0.2, 0) is 24.1 Å². The molecule has 0 aromatic heterocycles. The molecule has 1 amide bonds. The Kier molecular flexibility index (Phi) is 7.50. The fourth-order valence-electron chi connectivity index (χ4n) is 3.64. The number of benzene rings is 2. The summed E-state index contributed by atoms with van der Waals surface area (Å²) in [5.41, 5.74) is 1.34. The second-order valence-corrected chi connectivity index (χ2v) is 7.88. The first-order valence-corrected chi connectivity index (χ1v) is 10.3. The van der Waals surface area contributed by atoms with Crippen molar-refractivity contribution >= 4 is 11.6 Å². The highest BCUT2D eigenvalue weighted by molar-refractivity contribution is 5.92. The molecule has 1 fully saturated rings. The van der Waals surface area contributed by atoms with E-state index in [9.17, 15) is 18.0 Å². The number of carbonyl (C=O) groups excluding carboxylic acids is 1. The topological polar surface area (TPSA) is 44.4 Å². The molecule has 3 rings (SSSR count). The molecule has 7 heteroatoms. The maximum atomic E-state index is 13.0. The molecule has 0 aliphatic carbocycles. The number of para-hydroxylation sites is 1. The molecule has 4 nitrogen and oxygen atoms in total. The van der Waals surface area contributed by atoms with E-state index in [4.69, 9.17) is 0 Å². The maximum Gasteiger partial charge on any atom is 0.418 e. The van der Waals surface area contributed by atoms with E-state index in [0.717, 1.165) is 31.3 Å². The van der Waals surface area contributed by atoms with E-state index in [2.05, 4.69) is 39.8 Å². The van der Waals surface area contributed by atoms with E-state index in [-0.39, 0.29) is 18.2 Å². The van der Waals surface area contributed by atoms with Crippen molar-refractivity contribution in [1.82, 2.24) is 10.2 Å². The van der Waals surface area contributed by atoms with Crippen LogP contribution >= 0.6 is 0 Å². The van der Waals surface area contributed by atoms with Gasteiger partial charge in [-0.15, -0.1) is 0 Å². The van der Waals surface area contributed by atoms with Crippen molar-refractivity contribution < 1.29 is 18.0 Å². The van der Waals surface area contributed by atoms with Gasteiger partial charge in [-0.1, -0.05) is 36.4 Å². The molecule has 1 aliphatic rings. The second-order valence-electron chi connectivity index (χ2n) is 7.88. The van der Waals surface area contributed by atoms with Crippen LogP contribution in [0.4, 0.5) is 18.9 Å². The van der Waals surface area contributed by atoms with Crippen LogP contribution in [0.2, 0.25) is 0 Å². The fraction of sp³-hybridized carbons (Fsp3) is 0.435. The lowest BCUT2D eigenvalue weighted by Crippen LogP contribution is -2.30. The summed E-state index contributed by atoms with van der Waals surface area (Å²) in [7, 11) is 0. The highest BCUT2D eigenvalue weighted by atomic mass is 19.4. The average Bonchev–Trinajstić information content (AvgIpc) is 3.20. The first kappa shape index (κ1) is 22.3. The summed E-state index contributed by atoms with van der Waals surface area (Å²) in [4.78, 5) is 14.6. The normalized spacial score (nSPS) is 15.9. The van der Waals surface area contributed by atoms with Gasteiger partial charge >= 0.3 is 6.18 Å². The van der Waals surface area contributed by atoms with E-state index < -0.39 is 17.6 Å². The Morgan fingerprint density at radius 2 is 1.67 bits per heavy atom. The second kappa shape index (κ2) is 10.1. The minimum Gasteiger partial charge on any atom is -0.325 e. The smallest absolute Gasteiger partial charge is 0.325 e. The van der Waals surface area contributed by atoms with E-state index in [1.165, 1.54) is 36.6 Å². The van der Waals surface area contributed by atoms with Crippen LogP contribution in [0.3, 0.4) is 0 Å². The monoisotopic (exact) mass is 419 g/mol. The predicted octanol–water partition coefficient (Wildman–Crippen LogP) is 4.81. The molecule has 0 saturated carbocycles. The number of halogens is 3. The Hall–Kier alpha value is -2.38. The van der Waals surface area contributed by atoms with Gasteiger partial charge in [0.05, 0.1) is 11.3 Å². The maximum absolute atomic E-state index is 13.0. The number of alkyl halides is 3. The molecule has 2 aromatic rings. The van der Waals surface area contributed by atoms with Crippen molar-refractivity contribution in [2.24, 2.45) is 0 Å². The summed E-state index contributed by atoms with van der Waals surface area (Å²) >= 11 is 0. The van der Waals surface area contributed by atoms with E-state index in [1.54, 1.807) is 0 Å². The Morgan fingerprint density at radius 3 is 2.33 bits per heavy atom. The van der Waals surface area contributed by atoms with Gasteiger partial charge in [0.1, 0.15) is 0 Å². The van der Waals surface area contributed by atoms with Gasteiger partial charge in [-0.25, -0.2) is 0 Å². The number of nitrogens with zero attached hydrogens (tertiary/aromatic N) is 1. The van der Waals surface area contributed by atoms with Crippen LogP contribution in [0.15, 0.2) is 48.5 Å². The van der Waals surface area contributed by atoms with Crippen molar-refractivity contribution in [3.8, 4) is 0 Å². The molecule has 30 heavy (non-hydrogen) atoms. The van der Waals surface area contributed by atoms with Crippen LogP contribution in [0, 0.1) is 0 Å². The average molecular weight is 419 g/mol. The highest BCUT2D eigenvalue weighted by Gasteiger charge is 2.33. The van der Waals surface area contributed by atoms with E-state index in [1.807, 2.05) is 6.92 Å². The minimum atomic E-state index is -4.51. The first-order chi connectivity index (χ1) is 14.3. The van der Waals surface area contributed by atoms with Crippen molar-refractivity contribution in [2.45, 2.75) is 51.5 Å². The zero-order chi connectivity index (χ0) is 21.6. The molecule has 0 bridgehead atoms. The summed E-state index contributed by atoms with van der Waals surface area (Å²) in [6, 6.07) is 13.2. The highest BCUT2D eigenvalue weighted by Crippen LogP contribution is 2.34. The third-order valence-electron chi connectivity index (χ3n) is 5.28. The van der Waals surface area contributed by atoms with Crippen LogP contribution in [0.5, 0.6) is 0 Å². The van der Waals surface area contributed by atoms with Crippen molar-refractivity contribution in [3.63, 3.8) is 0 Å². The lowest BCUT2D eigenvalue weighted by molar-refractivity contribution is -0.137. The molecule has 1 unspecified atom stereocenters. The SMILES string of the molecule is CC(CC(=O)Nc1ccccc1C(F)(F)F)NCc1ccc(CN2CCCC2)cc1. The molecule has 1 heterocycles. The fourth-order valence-corrected chi connectivity index (χ4v) is 3.64. The van der Waals surface area contributed by atoms with E-state index in [0.29, 0.717) is 6.54 Å². The van der Waals surface area contributed by atoms with E-state index >= 15 is 0 Å². The van der Waals surface area contributed by atoms with Crippen molar-refractivity contribution in [1.29, 1.82) is 0 Å². The van der Waals surface area contributed by atoms with Gasteiger partial charge in [-0.2, -0.15) is 13.2 Å². The Morgan fingerprint density at radius 1 is 1.03 bits per heavy atom. The lowest BCUT2D eigenvalue weighted by atomic mass is 10.1. The van der Waals surface area contributed by atoms with Gasteiger partial charge in [0.2, 0.25) is 5.91 Å². The molecule has 1 saturated heterocycles. The van der Waals surface area contributed by atoms with Gasteiger partial charge in [-0.3, -0.25) is 9.69 Å². The van der Waals surface area contributed by atoms with Gasteiger partial charge in [0, 0.05) is 25.6 Å². The number of rotatable bonds is 8. The van der Waals surface area contributed by atoms with Crippen molar-refractivity contribution in [3.05, 3.63) is 65.2 Å². The molecule has 1 aliphatic heterocycles. The van der Waals surface area contributed by atoms with Crippen LogP contribution in [0.1, 0.15) is 42.9 Å². The summed E-state index contributed by atoms with van der Waals surface area (Å²) in [6.07, 6.45) is -1.88. The largest absolute Gasteiger partial charge is 0.418 e. The van der Waals surface area contributed by atoms with Gasteiger partial charge < -0.3 is 10.6 Å². The van der Waals surface area contributed by atoms with Gasteiger partial charge in [-0.05, 0) is 56.1 Å². The quantitative estimate of drug-likeness (QED) is 0.646. The number of nitrogens with one attached hydrogen (secondary N) is 2. The molecule has 162 valence electrons. The molecule has 2 N–H and O–H groups in total. The summed E-state index contributed by atoms with van der Waals surface area (Å²) in [5.74, 6) is -0.451. The van der Waals surface area contributed by atoms with Crippen molar-refractivity contribution in [2.75, 3.05) is 18.4 Å². The Balaban J connectivity index is 1.45. The van der Waals surface area contributed by atoms with Crippen LogP contribution in [0.25, 0.3) is 0 Å². The van der Waals surface area contributed by atoms with Gasteiger partial charge in [0.15, 0.2) is 0 Å². The van der Waals surface area contributed by atoms with Gasteiger partial charge in [0.25, 0.3) is 0 Å². The zero-order valence-electron chi connectivity index (χ0n) is 17.1. The summed E-state index contributed by atoms with van der Waals surface area (Å²) in [6.45, 7) is 5.74. The number of carbonyl (C=O) groups is 1. The number of hydrogen-bond acceptors (Lipinski definition) is 3. The third kappa shape index (κ3) is 6.57. The summed E-state index contributed by atoms with van der Waals surface area (Å²) in [5, 5.41) is 5.64. The molecule has 1 atom stereocenters. The minimum absolute atomic E-state index is 0.0826. The summed E-state index contributed by atoms with van der Waals surface area (Å²) < 4.78 is 39.1. The molecule has 2 aromatic carbocycles. The molecular formula is C23H28F3N3O. The number of likely N-dealkylation sites (tertiary alicyclic amines) is 1. The number of amides is 1. The standard InChI is InChI=1S/C23H28F3N3O/c1-17(14-22(30)28-21-7-3-2-6-20(21)23(24,25)26)27-15-18-8-10-19(11-9-18)16-29-12-4-5-13-29/h2-3,6-11,17,27H,4-5,12-16H2,1H3,(H,28,30). The molecule has 0 spiro atoms. The zero-order valence-corrected chi connectivity index (χ0v) is 17.1. The lowest BCUT2D eigenvalue weighted by Gasteiger charge is -2.17. The Labute approximate surface area is 175 Å². The van der Waals surface area contributed by atoms with Crippen LogP contribution in [-0.4, -0.2) is 29.9 Å². The number of hydrogen-bond donors (Lipinski definition) is 2. The number of anilines is 1. The molecular weight excluding hydrogens is 391 g/mol. The Bertz CT molecular complexity index is 830. The third-order valence-corrected chi connectivity index (χ3v) is 5.28.